The van der Waals surface area contributed by atoms with Crippen molar-refractivity contribution in [2.24, 2.45) is 0 Å². The number of thioether (sulfide) groups is 1. The molecule has 0 unspecified atom stereocenters. The number of alkyl halides is 3. The molecule has 0 aromatic carbocycles. The first-order chi connectivity index (χ1) is 6.86. The Morgan fingerprint density at radius 2 is 2.13 bits per heavy atom. The number of aromatic nitrogens is 2. The van der Waals surface area contributed by atoms with Crippen LogP contribution in [0.25, 0.3) is 5.57 Å². The zero-order chi connectivity index (χ0) is 11.6. The second kappa shape index (κ2) is 4.40. The van der Waals surface area contributed by atoms with Gasteiger partial charge in [0.2, 0.25) is 5.28 Å². The maximum Gasteiger partial charge on any atom is 0.416 e. The molecule has 82 valence electrons. The minimum Gasteiger partial charge on any atom is -0.226 e. The number of nitrogens with zero attached hydrogens (tertiary/aromatic N) is 2. The van der Waals surface area contributed by atoms with Crippen LogP contribution >= 0.6 is 23.4 Å². The first-order valence-corrected chi connectivity index (χ1v) is 5.29. The predicted molar refractivity (Wildman–Crippen MR) is 53.9 cm³/mol. The van der Waals surface area contributed by atoms with Gasteiger partial charge in [-0.25, -0.2) is 9.97 Å². The molecule has 7 heteroatoms. The van der Waals surface area contributed by atoms with Crippen LogP contribution < -0.4 is 0 Å². The van der Waals surface area contributed by atoms with Crippen molar-refractivity contribution >= 4 is 28.9 Å². The van der Waals surface area contributed by atoms with Crippen LogP contribution in [-0.2, 0) is 0 Å². The van der Waals surface area contributed by atoms with E-state index in [-0.39, 0.29) is 15.9 Å². The van der Waals surface area contributed by atoms with E-state index in [9.17, 15) is 13.2 Å². The molecule has 0 amide bonds. The lowest BCUT2D eigenvalue weighted by atomic mass is 10.1. The summed E-state index contributed by atoms with van der Waals surface area (Å²) in [6, 6.07) is 0. The van der Waals surface area contributed by atoms with E-state index in [4.69, 9.17) is 11.6 Å². The van der Waals surface area contributed by atoms with Crippen molar-refractivity contribution in [3.05, 3.63) is 23.6 Å². The second-order valence-corrected chi connectivity index (χ2v) is 3.67. The molecule has 0 spiro atoms. The molecule has 1 aromatic heterocycles. The maximum atomic E-state index is 12.4. The molecule has 15 heavy (non-hydrogen) atoms. The summed E-state index contributed by atoms with van der Waals surface area (Å²) in [4.78, 5) is 7.19. The highest BCUT2D eigenvalue weighted by Gasteiger charge is 2.34. The molecule has 0 bridgehead atoms. The van der Waals surface area contributed by atoms with Crippen molar-refractivity contribution < 1.29 is 13.2 Å². The van der Waals surface area contributed by atoms with Crippen LogP contribution in [0.5, 0.6) is 0 Å². The van der Waals surface area contributed by atoms with Crippen molar-refractivity contribution in [2.45, 2.75) is 11.2 Å². The molecule has 0 saturated heterocycles. The van der Waals surface area contributed by atoms with Gasteiger partial charge in [-0.1, -0.05) is 6.58 Å². The van der Waals surface area contributed by atoms with E-state index in [0.717, 1.165) is 18.0 Å². The minimum atomic E-state index is -4.48. The van der Waals surface area contributed by atoms with E-state index >= 15 is 0 Å². The van der Waals surface area contributed by atoms with Gasteiger partial charge in [0.1, 0.15) is 5.03 Å². The molecule has 0 N–H and O–H groups in total. The van der Waals surface area contributed by atoms with Crippen LogP contribution in [0.1, 0.15) is 5.56 Å². The van der Waals surface area contributed by atoms with Gasteiger partial charge < -0.3 is 0 Å². The topological polar surface area (TPSA) is 25.8 Å². The Bertz CT molecular complexity index is 392. The molecule has 0 radical (unpaired) electrons. The van der Waals surface area contributed by atoms with Gasteiger partial charge >= 0.3 is 6.18 Å². The molecule has 0 aliphatic rings. The number of hydrogen-bond donors (Lipinski definition) is 0. The highest BCUT2D eigenvalue weighted by molar-refractivity contribution is 7.98. The van der Waals surface area contributed by atoms with Crippen molar-refractivity contribution in [1.82, 2.24) is 9.97 Å². The molecule has 1 aromatic rings. The number of allylic oxidation sites excluding steroid dienone is 1. The molecule has 1 rings (SSSR count). The monoisotopic (exact) mass is 254 g/mol. The Morgan fingerprint density at radius 1 is 1.53 bits per heavy atom. The van der Waals surface area contributed by atoms with Gasteiger partial charge in [-0.3, -0.25) is 0 Å². The smallest absolute Gasteiger partial charge is 0.226 e. The van der Waals surface area contributed by atoms with Crippen molar-refractivity contribution in [3.8, 4) is 0 Å². The SMILES string of the molecule is C=C(c1cnc(Cl)nc1SC)C(F)(F)F. The summed E-state index contributed by atoms with van der Waals surface area (Å²) in [5.41, 5.74) is -1.11. The van der Waals surface area contributed by atoms with Gasteiger partial charge in [-0.05, 0) is 17.9 Å². The summed E-state index contributed by atoms with van der Waals surface area (Å²) < 4.78 is 37.1. The summed E-state index contributed by atoms with van der Waals surface area (Å²) in [7, 11) is 0. The third-order valence-corrected chi connectivity index (χ3v) is 2.47. The van der Waals surface area contributed by atoms with Crippen molar-refractivity contribution in [3.63, 3.8) is 0 Å². The fourth-order valence-electron chi connectivity index (χ4n) is 0.861. The quantitative estimate of drug-likeness (QED) is 0.459. The van der Waals surface area contributed by atoms with E-state index < -0.39 is 11.7 Å². The molecule has 1 heterocycles. The van der Waals surface area contributed by atoms with Crippen LogP contribution in [0.4, 0.5) is 13.2 Å². The predicted octanol–water partition coefficient (Wildman–Crippen LogP) is 3.43. The number of hydrogen-bond acceptors (Lipinski definition) is 3. The van der Waals surface area contributed by atoms with Gasteiger partial charge in [0, 0.05) is 11.8 Å². The first kappa shape index (κ1) is 12.3. The Labute approximate surface area is 93.6 Å². The fraction of sp³-hybridized carbons (Fsp3) is 0.250. The molecule has 0 fully saturated rings. The lowest BCUT2D eigenvalue weighted by Crippen LogP contribution is -2.11. The lowest BCUT2D eigenvalue weighted by Gasteiger charge is -2.12. The Balaban J connectivity index is 3.20. The molecule has 0 aliphatic heterocycles. The average molecular weight is 255 g/mol. The molecular formula is C8H6ClF3N2S. The Morgan fingerprint density at radius 3 is 2.60 bits per heavy atom. The van der Waals surface area contributed by atoms with E-state index in [1.807, 2.05) is 0 Å². The molecular weight excluding hydrogens is 249 g/mol. The average Bonchev–Trinajstić information content (AvgIpc) is 2.15. The molecule has 2 nitrogen and oxygen atoms in total. The summed E-state index contributed by atoms with van der Waals surface area (Å²) in [5.74, 6) is 0. The van der Waals surface area contributed by atoms with Crippen LogP contribution in [0.3, 0.4) is 0 Å². The van der Waals surface area contributed by atoms with Crippen LogP contribution in [0, 0.1) is 0 Å². The minimum absolute atomic E-state index is 0.0851. The van der Waals surface area contributed by atoms with E-state index in [0.29, 0.717) is 0 Å². The highest BCUT2D eigenvalue weighted by Crippen LogP contribution is 2.35. The molecule has 0 aliphatic carbocycles. The zero-order valence-corrected chi connectivity index (χ0v) is 9.17. The van der Waals surface area contributed by atoms with Gasteiger partial charge in [-0.15, -0.1) is 11.8 Å². The summed E-state index contributed by atoms with van der Waals surface area (Å²) in [5, 5.41) is 0.0791. The van der Waals surface area contributed by atoms with E-state index in [1.54, 1.807) is 6.26 Å². The van der Waals surface area contributed by atoms with Crippen LogP contribution in [-0.4, -0.2) is 22.4 Å². The first-order valence-electron chi connectivity index (χ1n) is 3.69. The fourth-order valence-corrected chi connectivity index (χ4v) is 1.62. The van der Waals surface area contributed by atoms with Gasteiger partial charge in [0.05, 0.1) is 5.57 Å². The van der Waals surface area contributed by atoms with Gasteiger partial charge in [-0.2, -0.15) is 13.2 Å². The number of halogens is 4. The third-order valence-electron chi connectivity index (χ3n) is 1.59. The zero-order valence-electron chi connectivity index (χ0n) is 7.60. The highest BCUT2D eigenvalue weighted by atomic mass is 35.5. The van der Waals surface area contributed by atoms with E-state index in [2.05, 4.69) is 16.5 Å². The second-order valence-electron chi connectivity index (χ2n) is 2.54. The normalized spacial score (nSPS) is 11.5. The van der Waals surface area contributed by atoms with Crippen molar-refractivity contribution in [2.75, 3.05) is 6.26 Å². The van der Waals surface area contributed by atoms with Crippen LogP contribution in [0.2, 0.25) is 5.28 Å². The van der Waals surface area contributed by atoms with Gasteiger partial charge in [0.25, 0.3) is 0 Å². The summed E-state index contributed by atoms with van der Waals surface area (Å²) in [6.07, 6.45) is -1.86. The van der Waals surface area contributed by atoms with Crippen LogP contribution in [0.15, 0.2) is 17.8 Å². The molecule has 0 saturated carbocycles. The van der Waals surface area contributed by atoms with Crippen molar-refractivity contribution in [1.29, 1.82) is 0 Å². The van der Waals surface area contributed by atoms with Gasteiger partial charge in [0.15, 0.2) is 0 Å². The maximum absolute atomic E-state index is 12.4. The largest absolute Gasteiger partial charge is 0.416 e. The van der Waals surface area contributed by atoms with E-state index in [1.165, 1.54) is 0 Å². The summed E-state index contributed by atoms with van der Waals surface area (Å²) in [6.45, 7) is 2.97. The standard InChI is InChI=1S/C8H6ClF3N2S/c1-4(8(10,11)12)5-3-13-7(9)14-6(5)15-2/h3H,1H2,2H3. The third kappa shape index (κ3) is 2.85. The Hall–Kier alpha value is -0.750. The number of rotatable bonds is 2. The Kier molecular flexibility index (Phi) is 3.62. The summed E-state index contributed by atoms with van der Waals surface area (Å²) >= 11 is 6.53. The molecule has 0 atom stereocenters. The lowest BCUT2D eigenvalue weighted by molar-refractivity contribution is -0.0688.